The summed E-state index contributed by atoms with van der Waals surface area (Å²) >= 11 is 0. The van der Waals surface area contributed by atoms with Crippen molar-refractivity contribution in [3.05, 3.63) is 12.2 Å². The highest BCUT2D eigenvalue weighted by molar-refractivity contribution is 5.80. The molecule has 1 atom stereocenters. The first-order chi connectivity index (χ1) is 11.3. The minimum atomic E-state index is 0.493. The summed E-state index contributed by atoms with van der Waals surface area (Å²) in [5, 5.41) is 11.0. The predicted octanol–water partition coefficient (Wildman–Crippen LogP) is 0.887. The molecule has 1 aromatic rings. The highest BCUT2D eigenvalue weighted by Crippen LogP contribution is 2.26. The van der Waals surface area contributed by atoms with Crippen LogP contribution in [-0.2, 0) is 13.6 Å². The third-order valence-electron chi connectivity index (χ3n) is 4.93. The maximum atomic E-state index is 4.66. The van der Waals surface area contributed by atoms with E-state index in [-0.39, 0.29) is 0 Å². The Morgan fingerprint density at radius 2 is 2.17 bits per heavy atom. The van der Waals surface area contributed by atoms with Gasteiger partial charge in [-0.05, 0) is 26.2 Å². The number of nitrogens with one attached hydrogen (secondary N) is 2. The second-order valence-corrected chi connectivity index (χ2v) is 6.56. The Morgan fingerprint density at radius 3 is 2.87 bits per heavy atom. The highest BCUT2D eigenvalue weighted by Gasteiger charge is 2.30. The van der Waals surface area contributed by atoms with E-state index in [2.05, 4.69) is 37.5 Å². The molecule has 0 spiro atoms. The zero-order valence-electron chi connectivity index (χ0n) is 14.3. The standard InChI is InChI=1S/C16H29N7/c1-3-17-16(18-10-15-19-12-20-22(15)2)21-13-8-9-23(11-13)14-6-4-5-7-14/h12-14H,3-11H2,1-2H3,(H2,17,18,21). The van der Waals surface area contributed by atoms with Crippen LogP contribution in [0.4, 0.5) is 0 Å². The Labute approximate surface area is 138 Å². The van der Waals surface area contributed by atoms with Crippen molar-refractivity contribution in [2.24, 2.45) is 12.0 Å². The Bertz CT molecular complexity index is 518. The molecule has 1 aromatic heterocycles. The van der Waals surface area contributed by atoms with Crippen LogP contribution in [0.15, 0.2) is 11.3 Å². The van der Waals surface area contributed by atoms with E-state index in [9.17, 15) is 0 Å². The van der Waals surface area contributed by atoms with Gasteiger partial charge in [-0.1, -0.05) is 12.8 Å². The normalized spacial score (nSPS) is 23.6. The summed E-state index contributed by atoms with van der Waals surface area (Å²) in [6, 6.07) is 1.31. The van der Waals surface area contributed by atoms with Crippen LogP contribution in [0.25, 0.3) is 0 Å². The molecule has 1 aliphatic carbocycles. The van der Waals surface area contributed by atoms with Gasteiger partial charge in [-0.15, -0.1) is 0 Å². The van der Waals surface area contributed by atoms with Gasteiger partial charge in [-0.25, -0.2) is 9.98 Å². The quantitative estimate of drug-likeness (QED) is 0.623. The SMILES string of the molecule is CCNC(=NCc1ncnn1C)NC1CCN(C2CCCC2)C1. The van der Waals surface area contributed by atoms with Crippen molar-refractivity contribution in [2.75, 3.05) is 19.6 Å². The zero-order chi connectivity index (χ0) is 16.1. The van der Waals surface area contributed by atoms with Crippen molar-refractivity contribution in [1.29, 1.82) is 0 Å². The van der Waals surface area contributed by atoms with Gasteiger partial charge in [0.15, 0.2) is 5.96 Å². The Hall–Kier alpha value is -1.63. The monoisotopic (exact) mass is 319 g/mol. The molecule has 1 saturated carbocycles. The minimum absolute atomic E-state index is 0.493. The smallest absolute Gasteiger partial charge is 0.191 e. The van der Waals surface area contributed by atoms with Crippen LogP contribution in [0.1, 0.15) is 44.9 Å². The molecule has 0 amide bonds. The van der Waals surface area contributed by atoms with Gasteiger partial charge in [0.2, 0.25) is 0 Å². The number of rotatable bonds is 5. The van der Waals surface area contributed by atoms with Gasteiger partial charge < -0.3 is 10.6 Å². The predicted molar refractivity (Wildman–Crippen MR) is 91.2 cm³/mol. The molecule has 128 valence electrons. The lowest BCUT2D eigenvalue weighted by Gasteiger charge is -2.24. The number of aromatic nitrogens is 3. The average molecular weight is 319 g/mol. The van der Waals surface area contributed by atoms with Gasteiger partial charge in [-0.2, -0.15) is 5.10 Å². The molecule has 0 radical (unpaired) electrons. The maximum Gasteiger partial charge on any atom is 0.191 e. The molecule has 0 bridgehead atoms. The van der Waals surface area contributed by atoms with Crippen molar-refractivity contribution in [2.45, 2.75) is 57.7 Å². The molecule has 1 unspecified atom stereocenters. The number of likely N-dealkylation sites (tertiary alicyclic amines) is 1. The molecule has 2 fully saturated rings. The lowest BCUT2D eigenvalue weighted by molar-refractivity contribution is 0.242. The van der Waals surface area contributed by atoms with Crippen LogP contribution in [0.3, 0.4) is 0 Å². The number of guanidine groups is 1. The lowest BCUT2D eigenvalue weighted by Crippen LogP contribution is -2.45. The van der Waals surface area contributed by atoms with E-state index in [4.69, 9.17) is 0 Å². The first-order valence-corrected chi connectivity index (χ1v) is 8.88. The van der Waals surface area contributed by atoms with Crippen molar-refractivity contribution in [3.8, 4) is 0 Å². The fraction of sp³-hybridized carbons (Fsp3) is 0.812. The van der Waals surface area contributed by atoms with Crippen molar-refractivity contribution >= 4 is 5.96 Å². The molecule has 2 heterocycles. The van der Waals surface area contributed by atoms with Crippen LogP contribution in [0.2, 0.25) is 0 Å². The molecule has 1 saturated heterocycles. The van der Waals surface area contributed by atoms with Gasteiger partial charge in [-0.3, -0.25) is 9.58 Å². The first kappa shape index (κ1) is 16.2. The maximum absolute atomic E-state index is 4.66. The van der Waals surface area contributed by atoms with Crippen LogP contribution in [0.5, 0.6) is 0 Å². The fourth-order valence-corrected chi connectivity index (χ4v) is 3.63. The second-order valence-electron chi connectivity index (χ2n) is 6.56. The van der Waals surface area contributed by atoms with Gasteiger partial charge in [0.1, 0.15) is 18.7 Å². The van der Waals surface area contributed by atoms with E-state index in [0.717, 1.165) is 30.9 Å². The number of aliphatic imine (C=N–C) groups is 1. The number of hydrogen-bond acceptors (Lipinski definition) is 4. The molecule has 7 nitrogen and oxygen atoms in total. The number of hydrogen-bond donors (Lipinski definition) is 2. The Kier molecular flexibility index (Phi) is 5.48. The summed E-state index contributed by atoms with van der Waals surface area (Å²) < 4.78 is 1.77. The largest absolute Gasteiger partial charge is 0.357 e. The fourth-order valence-electron chi connectivity index (χ4n) is 3.63. The topological polar surface area (TPSA) is 70.4 Å². The molecular formula is C16H29N7. The second kappa shape index (κ2) is 7.77. The summed E-state index contributed by atoms with van der Waals surface area (Å²) in [6.07, 6.45) is 8.34. The summed E-state index contributed by atoms with van der Waals surface area (Å²) in [7, 11) is 1.90. The summed E-state index contributed by atoms with van der Waals surface area (Å²) in [4.78, 5) is 11.5. The molecule has 7 heteroatoms. The number of nitrogens with zero attached hydrogens (tertiary/aromatic N) is 5. The Morgan fingerprint density at radius 1 is 1.35 bits per heavy atom. The minimum Gasteiger partial charge on any atom is -0.357 e. The average Bonchev–Trinajstić information content (AvgIpc) is 3.26. The van der Waals surface area contributed by atoms with E-state index in [1.54, 1.807) is 11.0 Å². The number of aryl methyl sites for hydroxylation is 1. The molecule has 2 aliphatic rings. The van der Waals surface area contributed by atoms with Crippen molar-refractivity contribution in [1.82, 2.24) is 30.3 Å². The van der Waals surface area contributed by atoms with Gasteiger partial charge in [0, 0.05) is 38.8 Å². The van der Waals surface area contributed by atoms with Crippen molar-refractivity contribution in [3.63, 3.8) is 0 Å². The third kappa shape index (κ3) is 4.22. The zero-order valence-corrected chi connectivity index (χ0v) is 14.3. The summed E-state index contributed by atoms with van der Waals surface area (Å²) in [5.74, 6) is 1.76. The molecule has 2 N–H and O–H groups in total. The van der Waals surface area contributed by atoms with E-state index in [1.807, 2.05) is 7.05 Å². The van der Waals surface area contributed by atoms with Crippen molar-refractivity contribution < 1.29 is 0 Å². The summed E-state index contributed by atoms with van der Waals surface area (Å²) in [5.41, 5.74) is 0. The van der Waals surface area contributed by atoms with Crippen LogP contribution in [-0.4, -0.2) is 57.3 Å². The van der Waals surface area contributed by atoms with E-state index in [1.165, 1.54) is 38.6 Å². The van der Waals surface area contributed by atoms with Gasteiger partial charge in [0.05, 0.1) is 0 Å². The summed E-state index contributed by atoms with van der Waals surface area (Å²) in [6.45, 7) is 5.86. The Balaban J connectivity index is 1.53. The molecular weight excluding hydrogens is 290 g/mol. The van der Waals surface area contributed by atoms with Crippen LogP contribution in [0, 0.1) is 0 Å². The van der Waals surface area contributed by atoms with E-state index < -0.39 is 0 Å². The van der Waals surface area contributed by atoms with Gasteiger partial charge in [0.25, 0.3) is 0 Å². The third-order valence-corrected chi connectivity index (χ3v) is 4.93. The van der Waals surface area contributed by atoms with E-state index in [0.29, 0.717) is 12.6 Å². The van der Waals surface area contributed by atoms with Crippen LogP contribution < -0.4 is 10.6 Å². The molecule has 3 rings (SSSR count). The molecule has 0 aromatic carbocycles. The lowest BCUT2D eigenvalue weighted by atomic mass is 10.2. The first-order valence-electron chi connectivity index (χ1n) is 8.88. The van der Waals surface area contributed by atoms with Crippen LogP contribution >= 0.6 is 0 Å². The van der Waals surface area contributed by atoms with Gasteiger partial charge >= 0.3 is 0 Å². The highest BCUT2D eigenvalue weighted by atomic mass is 15.3. The molecule has 23 heavy (non-hydrogen) atoms. The van der Waals surface area contributed by atoms with E-state index >= 15 is 0 Å². The molecule has 1 aliphatic heterocycles.